The highest BCUT2D eigenvalue weighted by atomic mass is 16.5. The number of hydrogen-bond donors (Lipinski definition) is 1. The quantitative estimate of drug-likeness (QED) is 0.353. The van der Waals surface area contributed by atoms with Crippen molar-refractivity contribution in [2.24, 2.45) is 5.92 Å². The number of phenols is 1. The lowest BCUT2D eigenvalue weighted by Gasteiger charge is -2.33. The molecule has 2 rings (SSSR count). The molecule has 0 aliphatic carbocycles. The van der Waals surface area contributed by atoms with Crippen LogP contribution in [0.1, 0.15) is 78.7 Å². The van der Waals surface area contributed by atoms with Crippen molar-refractivity contribution >= 4 is 0 Å². The predicted molar refractivity (Wildman–Crippen MR) is 120 cm³/mol. The van der Waals surface area contributed by atoms with Gasteiger partial charge in [0, 0.05) is 0 Å². The molecule has 1 aliphatic heterocycles. The topological polar surface area (TPSA) is 29.5 Å². The van der Waals surface area contributed by atoms with Crippen LogP contribution in [0.3, 0.4) is 0 Å². The maximum Gasteiger partial charge on any atom is 0.125 e. The fraction of sp³-hybridized carbons (Fsp3) is 0.538. The highest BCUT2D eigenvalue weighted by Crippen LogP contribution is 2.35. The molecule has 0 bridgehead atoms. The SMILES string of the molecule is C/C(=C\C=C\C1(C)CCc2cc(O)ccc2O1)CC/C=C(\C)CCCC(C)C. The molecule has 1 aromatic rings. The minimum absolute atomic E-state index is 0.284. The third-order valence-electron chi connectivity index (χ3n) is 5.49. The maximum absolute atomic E-state index is 9.61. The van der Waals surface area contributed by atoms with Gasteiger partial charge in [-0.05, 0) is 95.1 Å². The number of ether oxygens (including phenoxy) is 1. The number of allylic oxidation sites excluding steroid dienone is 5. The Kier molecular flexibility index (Phi) is 8.41. The van der Waals surface area contributed by atoms with E-state index in [9.17, 15) is 5.11 Å². The molecule has 1 heterocycles. The number of fused-ring (bicyclic) bond motifs is 1. The molecule has 0 spiro atoms. The summed E-state index contributed by atoms with van der Waals surface area (Å²) in [4.78, 5) is 0. The highest BCUT2D eigenvalue weighted by molar-refractivity contribution is 5.42. The molecule has 28 heavy (non-hydrogen) atoms. The first-order valence-corrected chi connectivity index (χ1v) is 10.8. The first kappa shape index (κ1) is 22.3. The largest absolute Gasteiger partial charge is 0.508 e. The summed E-state index contributed by atoms with van der Waals surface area (Å²) < 4.78 is 6.19. The summed E-state index contributed by atoms with van der Waals surface area (Å²) in [6.45, 7) is 11.2. The molecule has 1 N–H and O–H groups in total. The van der Waals surface area contributed by atoms with E-state index in [-0.39, 0.29) is 5.60 Å². The van der Waals surface area contributed by atoms with Crippen LogP contribution in [0.4, 0.5) is 0 Å². The maximum atomic E-state index is 9.61. The number of aromatic hydroxyl groups is 1. The zero-order chi connectivity index (χ0) is 20.6. The van der Waals surface area contributed by atoms with E-state index in [1.165, 1.54) is 30.4 Å². The molecular formula is C26H38O2. The minimum atomic E-state index is -0.284. The van der Waals surface area contributed by atoms with Crippen molar-refractivity contribution in [3.05, 3.63) is 59.2 Å². The standard InChI is InChI=1S/C26H38O2/c1-20(2)9-6-10-21(3)11-7-12-22(4)13-8-17-26(5)18-16-23-19-24(27)14-15-25(23)28-26/h8,11,13-15,17,19-20,27H,6-7,9-10,12,16,18H2,1-5H3/b17-8+,21-11+,22-13+. The van der Waals surface area contributed by atoms with E-state index in [0.717, 1.165) is 42.9 Å². The molecule has 2 heteroatoms. The molecule has 1 atom stereocenters. The Balaban J connectivity index is 1.80. The summed E-state index contributed by atoms with van der Waals surface area (Å²) in [6, 6.07) is 5.37. The summed E-state index contributed by atoms with van der Waals surface area (Å²) >= 11 is 0. The second kappa shape index (κ2) is 10.5. The second-order valence-electron chi connectivity index (χ2n) is 8.95. The van der Waals surface area contributed by atoms with E-state index >= 15 is 0 Å². The number of rotatable bonds is 9. The third kappa shape index (κ3) is 7.58. The van der Waals surface area contributed by atoms with Crippen LogP contribution in [0.15, 0.2) is 53.6 Å². The molecule has 1 aliphatic rings. The Hall–Kier alpha value is -1.96. The highest BCUT2D eigenvalue weighted by Gasteiger charge is 2.28. The third-order valence-corrected chi connectivity index (χ3v) is 5.49. The summed E-state index contributed by atoms with van der Waals surface area (Å²) in [6.07, 6.45) is 16.8. The molecular weight excluding hydrogens is 344 g/mol. The molecule has 0 saturated heterocycles. The molecule has 0 radical (unpaired) electrons. The van der Waals surface area contributed by atoms with Crippen LogP contribution >= 0.6 is 0 Å². The van der Waals surface area contributed by atoms with E-state index in [4.69, 9.17) is 4.74 Å². The van der Waals surface area contributed by atoms with Crippen molar-refractivity contribution in [2.45, 2.75) is 85.2 Å². The van der Waals surface area contributed by atoms with E-state index < -0.39 is 0 Å². The smallest absolute Gasteiger partial charge is 0.125 e. The Morgan fingerprint density at radius 3 is 2.75 bits per heavy atom. The average Bonchev–Trinajstić information content (AvgIpc) is 2.61. The van der Waals surface area contributed by atoms with E-state index in [0.29, 0.717) is 5.75 Å². The summed E-state index contributed by atoms with van der Waals surface area (Å²) in [5.41, 5.74) is 3.73. The van der Waals surface area contributed by atoms with Gasteiger partial charge >= 0.3 is 0 Å². The van der Waals surface area contributed by atoms with Crippen LogP contribution in [0.25, 0.3) is 0 Å². The van der Waals surface area contributed by atoms with Crippen molar-refractivity contribution in [3.8, 4) is 11.5 Å². The van der Waals surface area contributed by atoms with Gasteiger partial charge in [-0.2, -0.15) is 0 Å². The first-order chi connectivity index (χ1) is 13.3. The summed E-state index contributed by atoms with van der Waals surface area (Å²) in [5.74, 6) is 2.00. The predicted octanol–water partition coefficient (Wildman–Crippen LogP) is 7.53. The number of benzene rings is 1. The lowest BCUT2D eigenvalue weighted by atomic mass is 9.92. The van der Waals surface area contributed by atoms with Crippen LogP contribution in [0, 0.1) is 5.92 Å². The van der Waals surface area contributed by atoms with Crippen molar-refractivity contribution in [1.82, 2.24) is 0 Å². The van der Waals surface area contributed by atoms with Crippen molar-refractivity contribution in [2.75, 3.05) is 0 Å². The first-order valence-electron chi connectivity index (χ1n) is 10.8. The Bertz CT molecular complexity index is 724. The second-order valence-corrected chi connectivity index (χ2v) is 8.95. The van der Waals surface area contributed by atoms with Crippen LogP contribution in [0.2, 0.25) is 0 Å². The lowest BCUT2D eigenvalue weighted by Crippen LogP contribution is -2.34. The van der Waals surface area contributed by atoms with Gasteiger partial charge in [0.15, 0.2) is 0 Å². The number of phenolic OH excluding ortho intramolecular Hbond substituents is 1. The van der Waals surface area contributed by atoms with Gasteiger partial charge in [0.2, 0.25) is 0 Å². The fourth-order valence-corrected chi connectivity index (χ4v) is 3.60. The van der Waals surface area contributed by atoms with Crippen molar-refractivity contribution in [1.29, 1.82) is 0 Å². The molecule has 1 aromatic carbocycles. The van der Waals surface area contributed by atoms with Crippen LogP contribution < -0.4 is 4.74 Å². The number of aryl methyl sites for hydroxylation is 1. The molecule has 0 fully saturated rings. The van der Waals surface area contributed by atoms with E-state index in [2.05, 4.69) is 58.9 Å². The van der Waals surface area contributed by atoms with Crippen molar-refractivity contribution < 1.29 is 9.84 Å². The average molecular weight is 383 g/mol. The van der Waals surface area contributed by atoms with Gasteiger partial charge in [0.25, 0.3) is 0 Å². The summed E-state index contributed by atoms with van der Waals surface area (Å²) in [7, 11) is 0. The van der Waals surface area contributed by atoms with Crippen LogP contribution in [0.5, 0.6) is 11.5 Å². The van der Waals surface area contributed by atoms with Gasteiger partial charge < -0.3 is 9.84 Å². The zero-order valence-corrected chi connectivity index (χ0v) is 18.4. The molecule has 154 valence electrons. The molecule has 2 nitrogen and oxygen atoms in total. The zero-order valence-electron chi connectivity index (χ0n) is 18.4. The molecule has 0 saturated carbocycles. The Morgan fingerprint density at radius 2 is 2.00 bits per heavy atom. The van der Waals surface area contributed by atoms with Gasteiger partial charge in [-0.25, -0.2) is 0 Å². The van der Waals surface area contributed by atoms with Gasteiger partial charge in [-0.1, -0.05) is 49.6 Å². The molecule has 0 amide bonds. The Labute approximate surface area is 172 Å². The van der Waals surface area contributed by atoms with E-state index in [1.54, 1.807) is 12.1 Å². The van der Waals surface area contributed by atoms with Crippen LogP contribution in [-0.4, -0.2) is 10.7 Å². The fourth-order valence-electron chi connectivity index (χ4n) is 3.60. The lowest BCUT2D eigenvalue weighted by molar-refractivity contribution is 0.114. The van der Waals surface area contributed by atoms with Gasteiger partial charge in [0.05, 0.1) is 0 Å². The van der Waals surface area contributed by atoms with Gasteiger partial charge in [-0.15, -0.1) is 0 Å². The molecule has 0 aromatic heterocycles. The number of hydrogen-bond acceptors (Lipinski definition) is 2. The summed E-state index contributed by atoms with van der Waals surface area (Å²) in [5, 5.41) is 9.61. The van der Waals surface area contributed by atoms with Gasteiger partial charge in [-0.3, -0.25) is 0 Å². The molecule has 1 unspecified atom stereocenters. The monoisotopic (exact) mass is 382 g/mol. The van der Waals surface area contributed by atoms with Gasteiger partial charge in [0.1, 0.15) is 17.1 Å². The minimum Gasteiger partial charge on any atom is -0.508 e. The van der Waals surface area contributed by atoms with E-state index in [1.807, 2.05) is 6.07 Å². The normalized spacial score (nSPS) is 20.5. The van der Waals surface area contributed by atoms with Crippen molar-refractivity contribution in [3.63, 3.8) is 0 Å². The van der Waals surface area contributed by atoms with Crippen LogP contribution in [-0.2, 0) is 6.42 Å². The Morgan fingerprint density at radius 1 is 1.21 bits per heavy atom.